The average molecular weight is 995 g/mol. The molecule has 1 aliphatic rings. The Morgan fingerprint density at radius 3 is 1.16 bits per heavy atom. The lowest BCUT2D eigenvalue weighted by Gasteiger charge is -2.40. The molecule has 0 saturated carbocycles. The van der Waals surface area contributed by atoms with Crippen molar-refractivity contribution < 1.29 is 39.8 Å². The Morgan fingerprint density at radius 2 is 0.800 bits per heavy atom. The van der Waals surface area contributed by atoms with Gasteiger partial charge < -0.3 is 40.3 Å². The highest BCUT2D eigenvalue weighted by Gasteiger charge is 2.44. The molecule has 6 N–H and O–H groups in total. The van der Waals surface area contributed by atoms with Gasteiger partial charge in [-0.1, -0.05) is 283 Å². The second-order valence-electron chi connectivity index (χ2n) is 21.9. The number of rotatable bonds is 54. The van der Waals surface area contributed by atoms with E-state index < -0.39 is 49.5 Å². The van der Waals surface area contributed by atoms with E-state index in [-0.39, 0.29) is 12.5 Å². The predicted molar refractivity (Wildman–Crippen MR) is 295 cm³/mol. The number of aliphatic hydroxyl groups excluding tert-OH is 5. The van der Waals surface area contributed by atoms with Gasteiger partial charge >= 0.3 is 0 Å². The minimum absolute atomic E-state index is 0.133. The summed E-state index contributed by atoms with van der Waals surface area (Å²) >= 11 is 0. The molecule has 1 amide bonds. The monoisotopic (exact) mass is 994 g/mol. The van der Waals surface area contributed by atoms with Crippen molar-refractivity contribution in [2.24, 2.45) is 0 Å². The van der Waals surface area contributed by atoms with Gasteiger partial charge in [-0.3, -0.25) is 4.79 Å². The van der Waals surface area contributed by atoms with Crippen LogP contribution in [-0.2, 0) is 14.3 Å². The third-order valence-electron chi connectivity index (χ3n) is 15.1. The zero-order chi connectivity index (χ0) is 50.8. The minimum Gasteiger partial charge on any atom is -0.394 e. The molecule has 0 aliphatic carbocycles. The first-order chi connectivity index (χ1) is 34.3. The standard InChI is InChI=1S/C61H119NO8/c1-3-5-7-9-11-13-15-17-19-21-22-23-24-25-26-27-28-29-30-31-32-33-34-35-37-39-41-43-45-47-49-51-57(65)62-54(53-69-61-60(68)59(67)58(66)56(52-63)70-61)55(64)50-48-46-44-42-40-38-36-20-18-16-14-12-10-8-6-4-2/h25-26,54-56,58-61,63-64,66-68H,3-24,27-53H2,1-2H3,(H,62,65)/b26-25-. The summed E-state index contributed by atoms with van der Waals surface area (Å²) in [6.45, 7) is 3.88. The SMILES string of the molecule is CCCCCCCCCCCCCC/C=C\CCCCCCCCCCCCCCCCCC(=O)NC(COC1OC(CO)C(O)C(O)C1O)C(O)CCCCCCCCCCCCCCCCCC. The summed E-state index contributed by atoms with van der Waals surface area (Å²) in [5, 5.41) is 54.7. The molecule has 70 heavy (non-hydrogen) atoms. The fourth-order valence-electron chi connectivity index (χ4n) is 10.2. The smallest absolute Gasteiger partial charge is 0.220 e. The van der Waals surface area contributed by atoms with E-state index in [2.05, 4.69) is 31.3 Å². The predicted octanol–water partition coefficient (Wildman–Crippen LogP) is 15.6. The van der Waals surface area contributed by atoms with Crippen LogP contribution in [0, 0.1) is 0 Å². The third-order valence-corrected chi connectivity index (χ3v) is 15.1. The van der Waals surface area contributed by atoms with Crippen molar-refractivity contribution in [3.8, 4) is 0 Å². The van der Waals surface area contributed by atoms with Gasteiger partial charge in [-0.15, -0.1) is 0 Å². The number of allylic oxidation sites excluding steroid dienone is 2. The number of carbonyl (C=O) groups is 1. The first-order valence-corrected chi connectivity index (χ1v) is 30.9. The number of unbranched alkanes of at least 4 members (excludes halogenated alkanes) is 42. The van der Waals surface area contributed by atoms with Crippen LogP contribution in [0.3, 0.4) is 0 Å². The summed E-state index contributed by atoms with van der Waals surface area (Å²) in [7, 11) is 0. The fourth-order valence-corrected chi connectivity index (χ4v) is 10.2. The number of amides is 1. The van der Waals surface area contributed by atoms with Crippen LogP contribution in [0.2, 0.25) is 0 Å². The molecule has 0 aromatic carbocycles. The van der Waals surface area contributed by atoms with Crippen molar-refractivity contribution in [1.29, 1.82) is 0 Å². The second kappa shape index (κ2) is 51.4. The van der Waals surface area contributed by atoms with Crippen LogP contribution in [0.1, 0.15) is 316 Å². The highest BCUT2D eigenvalue weighted by atomic mass is 16.7. The molecule has 1 rings (SSSR count). The van der Waals surface area contributed by atoms with Gasteiger partial charge in [0.2, 0.25) is 5.91 Å². The largest absolute Gasteiger partial charge is 0.394 e. The van der Waals surface area contributed by atoms with Crippen LogP contribution in [0.15, 0.2) is 12.2 Å². The third kappa shape index (κ3) is 40.3. The van der Waals surface area contributed by atoms with Crippen molar-refractivity contribution in [1.82, 2.24) is 5.32 Å². The van der Waals surface area contributed by atoms with Crippen molar-refractivity contribution >= 4 is 5.91 Å². The molecule has 9 nitrogen and oxygen atoms in total. The van der Waals surface area contributed by atoms with Gasteiger partial charge in [-0.2, -0.15) is 0 Å². The molecular formula is C61H119NO8. The maximum absolute atomic E-state index is 13.1. The molecule has 0 bridgehead atoms. The van der Waals surface area contributed by atoms with Gasteiger partial charge in [0, 0.05) is 6.42 Å². The lowest BCUT2D eigenvalue weighted by atomic mass is 9.99. The van der Waals surface area contributed by atoms with E-state index in [0.29, 0.717) is 12.8 Å². The van der Waals surface area contributed by atoms with E-state index >= 15 is 0 Å². The summed E-state index contributed by atoms with van der Waals surface area (Å²) in [6, 6.07) is -0.715. The van der Waals surface area contributed by atoms with E-state index in [1.165, 1.54) is 250 Å². The molecule has 1 saturated heterocycles. The van der Waals surface area contributed by atoms with Gasteiger partial charge in [-0.05, 0) is 38.5 Å². The molecule has 1 aliphatic heterocycles. The van der Waals surface area contributed by atoms with Crippen molar-refractivity contribution in [2.45, 2.75) is 358 Å². The maximum atomic E-state index is 13.1. The summed E-state index contributed by atoms with van der Waals surface area (Å²) in [6.07, 6.45) is 56.9. The molecular weight excluding hydrogens is 875 g/mol. The molecule has 0 radical (unpaired) electrons. The zero-order valence-corrected chi connectivity index (χ0v) is 46.3. The first-order valence-electron chi connectivity index (χ1n) is 30.9. The Kier molecular flexibility index (Phi) is 49.2. The number of carbonyl (C=O) groups excluding carboxylic acids is 1. The van der Waals surface area contributed by atoms with Crippen molar-refractivity contribution in [2.75, 3.05) is 13.2 Å². The lowest BCUT2D eigenvalue weighted by molar-refractivity contribution is -0.302. The van der Waals surface area contributed by atoms with Gasteiger partial charge in [0.05, 0.1) is 25.4 Å². The van der Waals surface area contributed by atoms with E-state index in [4.69, 9.17) is 9.47 Å². The molecule has 1 heterocycles. The van der Waals surface area contributed by atoms with Gasteiger partial charge in [0.25, 0.3) is 0 Å². The Morgan fingerprint density at radius 1 is 0.471 bits per heavy atom. The Bertz CT molecular complexity index is 1110. The Hall–Kier alpha value is -1.07. The van der Waals surface area contributed by atoms with Crippen LogP contribution < -0.4 is 5.32 Å². The highest BCUT2D eigenvalue weighted by molar-refractivity contribution is 5.76. The van der Waals surface area contributed by atoms with Crippen LogP contribution in [0.5, 0.6) is 0 Å². The van der Waals surface area contributed by atoms with Gasteiger partial charge in [0.15, 0.2) is 6.29 Å². The number of hydrogen-bond acceptors (Lipinski definition) is 8. The molecule has 416 valence electrons. The summed E-state index contributed by atoms with van der Waals surface area (Å²) < 4.78 is 11.3. The van der Waals surface area contributed by atoms with E-state index in [1.54, 1.807) is 0 Å². The number of aliphatic hydroxyl groups is 5. The van der Waals surface area contributed by atoms with E-state index in [1.807, 2.05) is 0 Å². The number of hydrogen-bond donors (Lipinski definition) is 6. The molecule has 1 fully saturated rings. The van der Waals surface area contributed by atoms with E-state index in [9.17, 15) is 30.3 Å². The molecule has 0 spiro atoms. The van der Waals surface area contributed by atoms with Crippen LogP contribution in [0.4, 0.5) is 0 Å². The minimum atomic E-state index is -1.55. The average Bonchev–Trinajstić information content (AvgIpc) is 3.36. The van der Waals surface area contributed by atoms with Gasteiger partial charge in [0.1, 0.15) is 24.4 Å². The molecule has 0 aromatic rings. The van der Waals surface area contributed by atoms with Crippen molar-refractivity contribution in [3.05, 3.63) is 12.2 Å². The lowest BCUT2D eigenvalue weighted by Crippen LogP contribution is -2.60. The normalized spacial score (nSPS) is 19.3. The summed E-state index contributed by atoms with van der Waals surface area (Å²) in [5.41, 5.74) is 0. The zero-order valence-electron chi connectivity index (χ0n) is 46.3. The molecule has 7 atom stereocenters. The quantitative estimate of drug-likeness (QED) is 0.0261. The maximum Gasteiger partial charge on any atom is 0.220 e. The second-order valence-corrected chi connectivity index (χ2v) is 21.9. The van der Waals surface area contributed by atoms with Crippen molar-refractivity contribution in [3.63, 3.8) is 0 Å². The first kappa shape index (κ1) is 66.9. The Labute approximate surface area is 433 Å². The summed E-state index contributed by atoms with van der Waals surface area (Å²) in [4.78, 5) is 13.1. The fraction of sp³-hybridized carbons (Fsp3) is 0.951. The molecule has 9 heteroatoms. The van der Waals surface area contributed by atoms with Gasteiger partial charge in [-0.25, -0.2) is 0 Å². The highest BCUT2D eigenvalue weighted by Crippen LogP contribution is 2.23. The van der Waals surface area contributed by atoms with Crippen LogP contribution in [-0.4, -0.2) is 87.5 Å². The number of nitrogens with one attached hydrogen (secondary N) is 1. The topological polar surface area (TPSA) is 149 Å². The summed E-state index contributed by atoms with van der Waals surface area (Å²) in [5.74, 6) is -0.138. The van der Waals surface area contributed by atoms with Crippen LogP contribution >= 0.6 is 0 Å². The van der Waals surface area contributed by atoms with E-state index in [0.717, 1.165) is 38.5 Å². The molecule has 7 unspecified atom stereocenters. The Balaban J connectivity index is 2.11. The van der Waals surface area contributed by atoms with Crippen LogP contribution in [0.25, 0.3) is 0 Å². The molecule has 0 aromatic heterocycles. The number of ether oxygens (including phenoxy) is 2.